The van der Waals surface area contributed by atoms with Crippen LogP contribution in [-0.4, -0.2) is 26.9 Å². The maximum atomic E-state index is 12.5. The van der Waals surface area contributed by atoms with Crippen LogP contribution in [0.5, 0.6) is 0 Å². The highest BCUT2D eigenvalue weighted by atomic mass is 32.2. The first kappa shape index (κ1) is 18.5. The smallest absolute Gasteiger partial charge is 0.341 e. The normalized spacial score (nSPS) is 11.0. The molecular formula is C21H16N2O3S2. The lowest BCUT2D eigenvalue weighted by Gasteiger charge is -2.13. The van der Waals surface area contributed by atoms with Crippen LogP contribution in [0, 0.1) is 0 Å². The van der Waals surface area contributed by atoms with E-state index in [9.17, 15) is 14.7 Å². The lowest BCUT2D eigenvalue weighted by Crippen LogP contribution is -2.19. The van der Waals surface area contributed by atoms with Gasteiger partial charge in [0.2, 0.25) is 5.43 Å². The SMILES string of the molecule is CSc1nc2c(=O)c(C(=O)O)cn(Cc3ccccc3-c3ccccc3)c2s1. The molecule has 2 aromatic heterocycles. The highest BCUT2D eigenvalue weighted by Gasteiger charge is 2.19. The Morgan fingerprint density at radius 2 is 1.86 bits per heavy atom. The van der Waals surface area contributed by atoms with Gasteiger partial charge >= 0.3 is 5.97 Å². The van der Waals surface area contributed by atoms with E-state index in [1.54, 1.807) is 0 Å². The Kier molecular flexibility index (Phi) is 5.02. The molecule has 0 fully saturated rings. The van der Waals surface area contributed by atoms with Crippen LogP contribution >= 0.6 is 23.1 Å². The molecule has 7 heteroatoms. The summed E-state index contributed by atoms with van der Waals surface area (Å²) in [6, 6.07) is 18.0. The summed E-state index contributed by atoms with van der Waals surface area (Å²) in [5, 5.41) is 9.47. The lowest BCUT2D eigenvalue weighted by molar-refractivity contribution is 0.0695. The average Bonchev–Trinajstić information content (AvgIpc) is 3.16. The van der Waals surface area contributed by atoms with Crippen LogP contribution < -0.4 is 5.43 Å². The average molecular weight is 409 g/mol. The summed E-state index contributed by atoms with van der Waals surface area (Å²) in [6.07, 6.45) is 3.31. The van der Waals surface area contributed by atoms with Gasteiger partial charge in [0.05, 0.1) is 0 Å². The lowest BCUT2D eigenvalue weighted by atomic mass is 9.99. The van der Waals surface area contributed by atoms with E-state index in [0.29, 0.717) is 11.4 Å². The number of aromatic nitrogens is 2. The number of hydrogen-bond acceptors (Lipinski definition) is 5. The highest BCUT2D eigenvalue weighted by molar-refractivity contribution is 8.00. The Morgan fingerprint density at radius 3 is 2.57 bits per heavy atom. The third-order valence-electron chi connectivity index (χ3n) is 4.44. The summed E-state index contributed by atoms with van der Waals surface area (Å²) < 4.78 is 2.55. The third kappa shape index (κ3) is 3.34. The van der Waals surface area contributed by atoms with E-state index in [4.69, 9.17) is 0 Å². The maximum Gasteiger partial charge on any atom is 0.341 e. The van der Waals surface area contributed by atoms with E-state index >= 15 is 0 Å². The number of thioether (sulfide) groups is 1. The largest absolute Gasteiger partial charge is 0.477 e. The summed E-state index contributed by atoms with van der Waals surface area (Å²) in [5.41, 5.74) is 2.61. The monoisotopic (exact) mass is 408 g/mol. The van der Waals surface area contributed by atoms with Crippen LogP contribution in [0.3, 0.4) is 0 Å². The van der Waals surface area contributed by atoms with Crippen LogP contribution in [0.2, 0.25) is 0 Å². The molecule has 0 bridgehead atoms. The summed E-state index contributed by atoms with van der Waals surface area (Å²) in [6.45, 7) is 0.443. The van der Waals surface area contributed by atoms with Gasteiger partial charge in [-0.3, -0.25) is 4.79 Å². The van der Waals surface area contributed by atoms with Gasteiger partial charge in [-0.25, -0.2) is 9.78 Å². The predicted molar refractivity (Wildman–Crippen MR) is 114 cm³/mol. The molecule has 0 spiro atoms. The van der Waals surface area contributed by atoms with Crippen LogP contribution in [-0.2, 0) is 6.54 Å². The molecule has 0 aliphatic rings. The van der Waals surface area contributed by atoms with Crippen molar-refractivity contribution in [2.45, 2.75) is 10.9 Å². The number of carboxylic acid groups (broad SMARTS) is 1. The Hall–Kier alpha value is -2.90. The first-order chi connectivity index (χ1) is 13.6. The van der Waals surface area contributed by atoms with Crippen molar-refractivity contribution in [3.63, 3.8) is 0 Å². The van der Waals surface area contributed by atoms with Gasteiger partial charge < -0.3 is 9.67 Å². The first-order valence-corrected chi connectivity index (χ1v) is 10.6. The van der Waals surface area contributed by atoms with Gasteiger partial charge in [-0.15, -0.1) is 0 Å². The highest BCUT2D eigenvalue weighted by Crippen LogP contribution is 2.29. The summed E-state index contributed by atoms with van der Waals surface area (Å²) in [7, 11) is 0. The minimum Gasteiger partial charge on any atom is -0.477 e. The molecule has 4 rings (SSSR count). The van der Waals surface area contributed by atoms with Crippen LogP contribution in [0.25, 0.3) is 21.5 Å². The molecule has 4 aromatic rings. The number of benzene rings is 2. The van der Waals surface area contributed by atoms with Crippen molar-refractivity contribution >= 4 is 39.4 Å². The molecule has 0 saturated heterocycles. The van der Waals surface area contributed by atoms with Crippen molar-refractivity contribution in [3.05, 3.63) is 82.1 Å². The molecule has 0 atom stereocenters. The molecular weight excluding hydrogens is 392 g/mol. The van der Waals surface area contributed by atoms with E-state index in [1.165, 1.54) is 29.3 Å². The van der Waals surface area contributed by atoms with Crippen LogP contribution in [0.1, 0.15) is 15.9 Å². The van der Waals surface area contributed by atoms with Gasteiger partial charge in [0.15, 0.2) is 4.34 Å². The Morgan fingerprint density at radius 1 is 1.14 bits per heavy atom. The summed E-state index contributed by atoms with van der Waals surface area (Å²) >= 11 is 2.84. The fourth-order valence-electron chi connectivity index (χ4n) is 3.13. The fraction of sp³-hybridized carbons (Fsp3) is 0.0952. The second-order valence-electron chi connectivity index (χ2n) is 6.17. The van der Waals surface area contributed by atoms with Crippen LogP contribution in [0.4, 0.5) is 0 Å². The van der Waals surface area contributed by atoms with Crippen molar-refractivity contribution < 1.29 is 9.90 Å². The molecule has 1 N–H and O–H groups in total. The van der Waals surface area contributed by atoms with E-state index in [0.717, 1.165) is 21.0 Å². The molecule has 0 saturated carbocycles. The van der Waals surface area contributed by atoms with Crippen molar-refractivity contribution in [1.29, 1.82) is 0 Å². The van der Waals surface area contributed by atoms with E-state index in [1.807, 2.05) is 65.4 Å². The van der Waals surface area contributed by atoms with Crippen molar-refractivity contribution in [3.8, 4) is 11.1 Å². The number of nitrogens with zero attached hydrogens (tertiary/aromatic N) is 2. The molecule has 2 aromatic carbocycles. The number of hydrogen-bond donors (Lipinski definition) is 1. The molecule has 0 radical (unpaired) electrons. The number of fused-ring (bicyclic) bond motifs is 1. The number of carboxylic acids is 1. The zero-order chi connectivity index (χ0) is 19.7. The summed E-state index contributed by atoms with van der Waals surface area (Å²) in [4.78, 5) is 29.1. The molecule has 140 valence electrons. The molecule has 2 heterocycles. The zero-order valence-corrected chi connectivity index (χ0v) is 16.6. The second-order valence-corrected chi connectivity index (χ2v) is 8.20. The number of pyridine rings is 1. The topological polar surface area (TPSA) is 72.2 Å². The minimum absolute atomic E-state index is 0.214. The van der Waals surface area contributed by atoms with Crippen LogP contribution in [0.15, 0.2) is 69.9 Å². The van der Waals surface area contributed by atoms with Gasteiger partial charge in [-0.2, -0.15) is 0 Å². The van der Waals surface area contributed by atoms with E-state index in [-0.39, 0.29) is 11.1 Å². The summed E-state index contributed by atoms with van der Waals surface area (Å²) in [5.74, 6) is -1.24. The van der Waals surface area contributed by atoms with Gasteiger partial charge in [0, 0.05) is 12.7 Å². The quantitative estimate of drug-likeness (QED) is 0.489. The third-order valence-corrected chi connectivity index (χ3v) is 6.52. The Bertz CT molecular complexity index is 1230. The first-order valence-electron chi connectivity index (χ1n) is 8.53. The minimum atomic E-state index is -1.24. The van der Waals surface area contributed by atoms with E-state index < -0.39 is 11.4 Å². The molecule has 0 amide bonds. The molecule has 0 unspecified atom stereocenters. The number of thiazole rings is 1. The molecule has 28 heavy (non-hydrogen) atoms. The predicted octanol–water partition coefficient (Wildman–Crippen LogP) is 4.59. The fourth-order valence-corrected chi connectivity index (χ4v) is 4.66. The van der Waals surface area contributed by atoms with Gasteiger partial charge in [-0.05, 0) is 22.9 Å². The maximum absolute atomic E-state index is 12.5. The van der Waals surface area contributed by atoms with Crippen molar-refractivity contribution in [2.24, 2.45) is 0 Å². The molecule has 0 aliphatic carbocycles. The molecule has 0 aliphatic heterocycles. The standard InChI is InChI=1S/C21H16N2O3S2/c1-27-21-22-17-18(24)16(20(25)26)12-23(19(17)28-21)11-14-9-5-6-10-15(14)13-7-3-2-4-8-13/h2-10,12H,11H2,1H3,(H,25,26). The van der Waals surface area contributed by atoms with Gasteiger partial charge in [-0.1, -0.05) is 77.7 Å². The Labute approximate surface area is 169 Å². The van der Waals surface area contributed by atoms with Gasteiger partial charge in [0.1, 0.15) is 15.9 Å². The van der Waals surface area contributed by atoms with Crippen molar-refractivity contribution in [1.82, 2.24) is 9.55 Å². The number of aromatic carboxylic acids is 1. The van der Waals surface area contributed by atoms with E-state index in [2.05, 4.69) is 4.98 Å². The van der Waals surface area contributed by atoms with Gasteiger partial charge in [0.25, 0.3) is 0 Å². The molecule has 5 nitrogen and oxygen atoms in total. The number of rotatable bonds is 5. The Balaban J connectivity index is 1.90. The number of carbonyl (C=O) groups is 1. The zero-order valence-electron chi connectivity index (χ0n) is 15.0. The van der Waals surface area contributed by atoms with Crippen molar-refractivity contribution in [2.75, 3.05) is 6.26 Å². The second kappa shape index (κ2) is 7.61.